The van der Waals surface area contributed by atoms with Crippen molar-refractivity contribution in [1.82, 2.24) is 0 Å². The van der Waals surface area contributed by atoms with Crippen molar-refractivity contribution in [3.8, 4) is 0 Å². The van der Waals surface area contributed by atoms with E-state index in [0.29, 0.717) is 6.42 Å². The van der Waals surface area contributed by atoms with Crippen LogP contribution in [0.5, 0.6) is 0 Å². The van der Waals surface area contributed by atoms with Crippen molar-refractivity contribution in [2.75, 3.05) is 0 Å². The summed E-state index contributed by atoms with van der Waals surface area (Å²) in [4.78, 5) is 0. The van der Waals surface area contributed by atoms with Crippen LogP contribution in [0.15, 0.2) is 0 Å². The average Bonchev–Trinajstić information content (AvgIpc) is 1.80. The summed E-state index contributed by atoms with van der Waals surface area (Å²) in [5, 5.41) is 15.8. The molecule has 0 aliphatic heterocycles. The predicted octanol–water partition coefficient (Wildman–Crippen LogP) is 2.31. The van der Waals surface area contributed by atoms with Crippen LogP contribution in [0.4, 0.5) is 0 Å². The van der Waals surface area contributed by atoms with Crippen LogP contribution in [0.3, 0.4) is 0 Å². The minimum atomic E-state index is -1.12. The van der Waals surface area contributed by atoms with Gasteiger partial charge in [-0.1, -0.05) is 6.92 Å². The molecule has 0 amide bonds. The topological polar surface area (TPSA) is 49.7 Å². The van der Waals surface area contributed by atoms with E-state index >= 15 is 0 Å². The van der Waals surface area contributed by atoms with Gasteiger partial charge in [-0.2, -0.15) is 0 Å². The number of aliphatic hydroxyl groups excluding tert-OH is 1. The van der Waals surface area contributed by atoms with Crippen molar-refractivity contribution in [1.29, 1.82) is 0 Å². The fraction of sp³-hybridized carbons (Fsp3) is 1.00. The highest BCUT2D eigenvalue weighted by Crippen LogP contribution is 2.17. The quantitative estimate of drug-likeness (QED) is 0.647. The second-order valence-corrected chi connectivity index (χ2v) is 5.22. The van der Waals surface area contributed by atoms with E-state index in [-0.39, 0.29) is 11.2 Å². The minimum absolute atomic E-state index is 0.0156. The minimum Gasteiger partial charge on any atom is -0.370 e. The highest BCUT2D eigenvalue weighted by molar-refractivity contribution is 4.68. The Morgan fingerprint density at radius 3 is 1.14 bits per heavy atom. The smallest absolute Gasteiger partial charge is 0.151 e. The van der Waals surface area contributed by atoms with Crippen LogP contribution in [0.1, 0.15) is 54.9 Å². The molecule has 0 aromatic carbocycles. The summed E-state index contributed by atoms with van der Waals surface area (Å²) in [7, 11) is 0. The van der Waals surface area contributed by atoms with Crippen LogP contribution in [0.2, 0.25) is 0 Å². The molecule has 0 rings (SSSR count). The molecule has 0 aromatic heterocycles. The Kier molecular flexibility index (Phi) is 7.43. The largest absolute Gasteiger partial charge is 0.370 e. The molecule has 3 heteroatoms. The fourth-order valence-electron chi connectivity index (χ4n) is 0.919. The Morgan fingerprint density at radius 1 is 0.929 bits per heavy atom. The highest BCUT2D eigenvalue weighted by atomic mass is 16.5. The van der Waals surface area contributed by atoms with Crippen molar-refractivity contribution in [3.63, 3.8) is 0 Å². The van der Waals surface area contributed by atoms with E-state index in [2.05, 4.69) is 41.5 Å². The second-order valence-electron chi connectivity index (χ2n) is 5.22. The molecule has 0 bridgehead atoms. The van der Waals surface area contributed by atoms with Crippen LogP contribution >= 0.6 is 0 Å². The van der Waals surface area contributed by atoms with E-state index in [1.165, 1.54) is 0 Å². The van der Waals surface area contributed by atoms with Gasteiger partial charge >= 0.3 is 0 Å². The maximum Gasteiger partial charge on any atom is 0.151 e. The number of ether oxygens (including phenoxy) is 1. The molecular weight excluding hydrogens is 180 g/mol. The summed E-state index contributed by atoms with van der Waals surface area (Å²) >= 11 is 0. The van der Waals surface area contributed by atoms with Gasteiger partial charge in [-0.3, -0.25) is 0 Å². The molecule has 0 saturated heterocycles. The van der Waals surface area contributed by atoms with Crippen molar-refractivity contribution >= 4 is 0 Å². The Labute approximate surface area is 88.1 Å². The van der Waals surface area contributed by atoms with Gasteiger partial charge in [0.2, 0.25) is 0 Å². The highest BCUT2D eigenvalue weighted by Gasteiger charge is 2.19. The summed E-state index contributed by atoms with van der Waals surface area (Å²) in [5.41, 5.74) is -0.0312. The van der Waals surface area contributed by atoms with Crippen LogP contribution in [0.25, 0.3) is 0 Å². The summed E-state index contributed by atoms with van der Waals surface area (Å²) in [6, 6.07) is 0. The molecule has 2 N–H and O–H groups in total. The zero-order valence-electron chi connectivity index (χ0n) is 10.6. The molecule has 0 atom stereocenters. The molecule has 0 aliphatic rings. The first-order valence-corrected chi connectivity index (χ1v) is 5.04. The van der Waals surface area contributed by atoms with Crippen molar-refractivity contribution in [2.24, 2.45) is 0 Å². The maximum absolute atomic E-state index is 7.92. The van der Waals surface area contributed by atoms with Crippen molar-refractivity contribution < 1.29 is 14.9 Å². The SMILES string of the molecule is CC(C)(C)OC(C)(C)C.CCC(O)O. The molecule has 0 aromatic rings. The third-order valence-corrected chi connectivity index (χ3v) is 0.978. The fourth-order valence-corrected chi connectivity index (χ4v) is 0.919. The van der Waals surface area contributed by atoms with Gasteiger partial charge in [0.25, 0.3) is 0 Å². The lowest BCUT2D eigenvalue weighted by Gasteiger charge is -2.30. The molecule has 0 aliphatic carbocycles. The van der Waals surface area contributed by atoms with E-state index in [1.807, 2.05) is 0 Å². The summed E-state index contributed by atoms with van der Waals surface area (Å²) < 4.78 is 5.62. The standard InChI is InChI=1S/C8H18O.C3H8O2/c1-7(2,3)9-8(4,5)6;1-2-3(4)5/h1-6H3;3-5H,2H2,1H3. The van der Waals surface area contributed by atoms with Crippen LogP contribution < -0.4 is 0 Å². The molecule has 0 radical (unpaired) electrons. The number of hydrogen-bond donors (Lipinski definition) is 2. The molecule has 88 valence electrons. The van der Waals surface area contributed by atoms with Gasteiger partial charge in [0, 0.05) is 0 Å². The van der Waals surface area contributed by atoms with Gasteiger partial charge in [0.15, 0.2) is 6.29 Å². The van der Waals surface area contributed by atoms with Gasteiger partial charge in [0.05, 0.1) is 11.2 Å². The molecule has 14 heavy (non-hydrogen) atoms. The Bertz CT molecular complexity index is 116. The molecule has 0 saturated carbocycles. The van der Waals surface area contributed by atoms with Crippen LogP contribution in [-0.2, 0) is 4.74 Å². The van der Waals surface area contributed by atoms with Gasteiger partial charge in [-0.25, -0.2) is 0 Å². The zero-order chi connectivity index (χ0) is 12.0. The van der Waals surface area contributed by atoms with Gasteiger partial charge < -0.3 is 14.9 Å². The maximum atomic E-state index is 7.92. The van der Waals surface area contributed by atoms with E-state index in [1.54, 1.807) is 6.92 Å². The number of rotatable bonds is 1. The van der Waals surface area contributed by atoms with Gasteiger partial charge in [-0.15, -0.1) is 0 Å². The second kappa shape index (κ2) is 6.38. The lowest BCUT2D eigenvalue weighted by molar-refractivity contribution is -0.102. The Hall–Kier alpha value is -0.120. The summed E-state index contributed by atoms with van der Waals surface area (Å²) in [5.74, 6) is 0. The molecular formula is C11H26O3. The van der Waals surface area contributed by atoms with E-state index in [4.69, 9.17) is 14.9 Å². The van der Waals surface area contributed by atoms with Crippen molar-refractivity contribution in [3.05, 3.63) is 0 Å². The van der Waals surface area contributed by atoms with Gasteiger partial charge in [-0.05, 0) is 48.0 Å². The van der Waals surface area contributed by atoms with E-state index in [9.17, 15) is 0 Å². The summed E-state index contributed by atoms with van der Waals surface area (Å²) in [6.45, 7) is 14.1. The van der Waals surface area contributed by atoms with Crippen LogP contribution in [0, 0.1) is 0 Å². The van der Waals surface area contributed by atoms with E-state index < -0.39 is 6.29 Å². The average molecular weight is 206 g/mol. The van der Waals surface area contributed by atoms with Crippen LogP contribution in [-0.4, -0.2) is 27.7 Å². The molecule has 0 unspecified atom stereocenters. The first-order valence-electron chi connectivity index (χ1n) is 5.04. The normalized spacial score (nSPS) is 12.4. The molecule has 0 heterocycles. The zero-order valence-corrected chi connectivity index (χ0v) is 10.6. The Balaban J connectivity index is 0. The van der Waals surface area contributed by atoms with Gasteiger partial charge in [0.1, 0.15) is 0 Å². The van der Waals surface area contributed by atoms with Crippen molar-refractivity contribution in [2.45, 2.75) is 72.4 Å². The monoisotopic (exact) mass is 206 g/mol. The molecule has 0 fully saturated rings. The number of hydrogen-bond acceptors (Lipinski definition) is 3. The molecule has 3 nitrogen and oxygen atoms in total. The Morgan fingerprint density at radius 2 is 1.14 bits per heavy atom. The van der Waals surface area contributed by atoms with E-state index in [0.717, 1.165) is 0 Å². The first kappa shape index (κ1) is 16.3. The third-order valence-electron chi connectivity index (χ3n) is 0.978. The first-order chi connectivity index (χ1) is 5.98. The lowest BCUT2D eigenvalue weighted by Crippen LogP contribution is -2.31. The molecule has 0 spiro atoms. The third kappa shape index (κ3) is 22.6. The number of aliphatic hydroxyl groups is 2. The summed E-state index contributed by atoms with van der Waals surface area (Å²) in [6.07, 6.45) is -0.699. The predicted molar refractivity (Wildman–Crippen MR) is 59.1 cm³/mol. The lowest BCUT2D eigenvalue weighted by atomic mass is 10.1.